The number of hydrogen-bond donors (Lipinski definition) is 1. The Hall–Kier alpha value is -1.71. The van der Waals surface area contributed by atoms with Crippen LogP contribution >= 0.6 is 23.2 Å². The Morgan fingerprint density at radius 3 is 2.71 bits per heavy atom. The number of hydrogen-bond acceptors (Lipinski definition) is 2. The molecule has 2 N–H and O–H groups in total. The lowest BCUT2D eigenvalue weighted by molar-refractivity contribution is 0.692. The van der Waals surface area contributed by atoms with Crippen LogP contribution in [0.5, 0.6) is 0 Å². The lowest BCUT2D eigenvalue weighted by Crippen LogP contribution is -2.04. The number of fused-ring (bicyclic) bond motifs is 1. The number of halogens is 2. The van der Waals surface area contributed by atoms with E-state index in [0.29, 0.717) is 10.0 Å². The summed E-state index contributed by atoms with van der Waals surface area (Å²) in [5, 5.41) is 1.36. The highest BCUT2D eigenvalue weighted by Gasteiger charge is 2.09. The van der Waals surface area contributed by atoms with Crippen LogP contribution in [0.4, 0.5) is 5.69 Å². The van der Waals surface area contributed by atoms with Gasteiger partial charge in [-0.25, -0.2) is 4.98 Å². The van der Waals surface area contributed by atoms with Crippen molar-refractivity contribution in [3.8, 4) is 0 Å². The average Bonchev–Trinajstić information content (AvgIpc) is 2.72. The topological polar surface area (TPSA) is 43.8 Å². The number of nitrogens with zero attached hydrogens (tertiary/aromatic N) is 2. The molecule has 3 aromatic rings. The Balaban J connectivity index is 1.90. The van der Waals surface area contributed by atoms with Crippen LogP contribution in [-0.4, -0.2) is 9.55 Å². The average molecular weight is 320 g/mol. The summed E-state index contributed by atoms with van der Waals surface area (Å²) in [7, 11) is 0. The van der Waals surface area contributed by atoms with Crippen LogP contribution in [0.1, 0.15) is 11.4 Å². The summed E-state index contributed by atoms with van der Waals surface area (Å²) in [6, 6.07) is 11.4. The van der Waals surface area contributed by atoms with Crippen molar-refractivity contribution < 1.29 is 0 Å². The van der Waals surface area contributed by atoms with Gasteiger partial charge in [0.05, 0.1) is 11.0 Å². The number of rotatable bonds is 3. The fourth-order valence-electron chi connectivity index (χ4n) is 2.51. The smallest absolute Gasteiger partial charge is 0.106 e. The number of aryl methyl sites for hydroxylation is 3. The van der Waals surface area contributed by atoms with E-state index in [4.69, 9.17) is 28.9 Å². The number of anilines is 1. The molecule has 1 aromatic heterocycles. The number of benzene rings is 2. The molecule has 0 bridgehead atoms. The second kappa shape index (κ2) is 5.58. The molecule has 0 saturated heterocycles. The molecule has 1 heterocycles. The van der Waals surface area contributed by atoms with E-state index in [9.17, 15) is 0 Å². The van der Waals surface area contributed by atoms with Crippen LogP contribution in [0.3, 0.4) is 0 Å². The van der Waals surface area contributed by atoms with Crippen molar-refractivity contribution in [1.82, 2.24) is 9.55 Å². The molecule has 0 amide bonds. The number of nitrogens with two attached hydrogens (primary N) is 1. The molecule has 0 unspecified atom stereocenters. The van der Waals surface area contributed by atoms with Gasteiger partial charge in [-0.15, -0.1) is 0 Å². The summed E-state index contributed by atoms with van der Waals surface area (Å²) in [4.78, 5) is 4.55. The Morgan fingerprint density at radius 1 is 1.14 bits per heavy atom. The standard InChI is InChI=1S/C16H15Cl2N3/c1-10-20-15-9-13(19)4-5-16(15)21(10)7-6-11-2-3-12(17)8-14(11)18/h2-5,8-9H,6-7,19H2,1H3. The van der Waals surface area contributed by atoms with Crippen LogP contribution in [0.2, 0.25) is 10.0 Å². The maximum absolute atomic E-state index is 6.22. The SMILES string of the molecule is Cc1nc2cc(N)ccc2n1CCc1ccc(Cl)cc1Cl. The van der Waals surface area contributed by atoms with Crippen LogP contribution in [0.15, 0.2) is 36.4 Å². The lowest BCUT2D eigenvalue weighted by atomic mass is 10.1. The van der Waals surface area contributed by atoms with Gasteiger partial charge in [0.1, 0.15) is 5.82 Å². The van der Waals surface area contributed by atoms with Crippen molar-refractivity contribution >= 4 is 39.9 Å². The Bertz CT molecular complexity index is 809. The summed E-state index contributed by atoms with van der Waals surface area (Å²) in [6.45, 7) is 2.81. The molecular formula is C16H15Cl2N3. The molecule has 0 spiro atoms. The summed E-state index contributed by atoms with van der Waals surface area (Å²) >= 11 is 12.1. The summed E-state index contributed by atoms with van der Waals surface area (Å²) in [5.41, 5.74) is 9.63. The van der Waals surface area contributed by atoms with Gasteiger partial charge in [0.25, 0.3) is 0 Å². The zero-order valence-corrected chi connectivity index (χ0v) is 13.1. The maximum Gasteiger partial charge on any atom is 0.106 e. The van der Waals surface area contributed by atoms with Gasteiger partial charge in [0.2, 0.25) is 0 Å². The molecular weight excluding hydrogens is 305 g/mol. The van der Waals surface area contributed by atoms with Crippen LogP contribution < -0.4 is 5.73 Å². The molecule has 0 atom stereocenters. The highest BCUT2D eigenvalue weighted by Crippen LogP contribution is 2.23. The number of nitrogen functional groups attached to an aromatic ring is 1. The molecule has 0 aliphatic heterocycles. The quantitative estimate of drug-likeness (QED) is 0.723. The number of aromatic nitrogens is 2. The first kappa shape index (κ1) is 14.2. The van der Waals surface area contributed by atoms with Crippen molar-refractivity contribution in [2.75, 3.05) is 5.73 Å². The van der Waals surface area contributed by atoms with E-state index in [2.05, 4.69) is 9.55 Å². The van der Waals surface area contributed by atoms with E-state index in [1.807, 2.05) is 37.3 Å². The van der Waals surface area contributed by atoms with E-state index < -0.39 is 0 Å². The van der Waals surface area contributed by atoms with E-state index in [-0.39, 0.29) is 0 Å². The summed E-state index contributed by atoms with van der Waals surface area (Å²) in [5.74, 6) is 0.973. The largest absolute Gasteiger partial charge is 0.399 e. The zero-order valence-electron chi connectivity index (χ0n) is 11.6. The maximum atomic E-state index is 6.22. The van der Waals surface area contributed by atoms with Crippen LogP contribution in [0, 0.1) is 6.92 Å². The summed E-state index contributed by atoms with van der Waals surface area (Å²) in [6.07, 6.45) is 0.826. The molecule has 0 saturated carbocycles. The first-order chi connectivity index (χ1) is 10.0. The van der Waals surface area contributed by atoms with E-state index in [0.717, 1.165) is 41.1 Å². The van der Waals surface area contributed by atoms with E-state index in [1.54, 1.807) is 6.07 Å². The van der Waals surface area contributed by atoms with E-state index >= 15 is 0 Å². The third kappa shape index (κ3) is 2.85. The molecule has 21 heavy (non-hydrogen) atoms. The van der Waals surface area contributed by atoms with Gasteiger partial charge in [0, 0.05) is 22.3 Å². The minimum atomic E-state index is 0.656. The molecule has 2 aromatic carbocycles. The molecule has 0 radical (unpaired) electrons. The molecule has 3 nitrogen and oxygen atoms in total. The van der Waals surface area contributed by atoms with Crippen molar-refractivity contribution in [2.45, 2.75) is 19.9 Å². The molecule has 3 rings (SSSR count). The summed E-state index contributed by atoms with van der Waals surface area (Å²) < 4.78 is 2.18. The van der Waals surface area contributed by atoms with Gasteiger partial charge < -0.3 is 10.3 Å². The fraction of sp³-hybridized carbons (Fsp3) is 0.188. The van der Waals surface area contributed by atoms with Crippen molar-refractivity contribution in [1.29, 1.82) is 0 Å². The van der Waals surface area contributed by atoms with Gasteiger partial charge in [-0.05, 0) is 49.2 Å². The van der Waals surface area contributed by atoms with Gasteiger partial charge >= 0.3 is 0 Å². The lowest BCUT2D eigenvalue weighted by Gasteiger charge is -2.09. The predicted molar refractivity (Wildman–Crippen MR) is 89.0 cm³/mol. The third-order valence-corrected chi connectivity index (χ3v) is 4.17. The molecule has 108 valence electrons. The van der Waals surface area contributed by atoms with Gasteiger partial charge in [0.15, 0.2) is 0 Å². The monoisotopic (exact) mass is 319 g/mol. The Morgan fingerprint density at radius 2 is 1.95 bits per heavy atom. The first-order valence-corrected chi connectivity index (χ1v) is 7.46. The molecule has 0 aliphatic rings. The fourth-order valence-corrected chi connectivity index (χ4v) is 3.01. The third-order valence-electron chi connectivity index (χ3n) is 3.58. The van der Waals surface area contributed by atoms with Crippen molar-refractivity contribution in [3.63, 3.8) is 0 Å². The highest BCUT2D eigenvalue weighted by molar-refractivity contribution is 6.35. The van der Waals surface area contributed by atoms with Crippen molar-refractivity contribution in [2.24, 2.45) is 0 Å². The Labute approximate surface area is 133 Å². The van der Waals surface area contributed by atoms with Crippen LogP contribution in [-0.2, 0) is 13.0 Å². The molecule has 0 aliphatic carbocycles. The second-order valence-electron chi connectivity index (χ2n) is 5.04. The minimum absolute atomic E-state index is 0.656. The van der Waals surface area contributed by atoms with Crippen molar-refractivity contribution in [3.05, 3.63) is 57.8 Å². The van der Waals surface area contributed by atoms with E-state index in [1.165, 1.54) is 0 Å². The molecule has 5 heteroatoms. The van der Waals surface area contributed by atoms with Crippen LogP contribution in [0.25, 0.3) is 11.0 Å². The second-order valence-corrected chi connectivity index (χ2v) is 5.89. The zero-order chi connectivity index (χ0) is 15.0. The van der Waals surface area contributed by atoms with Gasteiger partial charge in [-0.2, -0.15) is 0 Å². The predicted octanol–water partition coefficient (Wildman–Crippen LogP) is 4.48. The minimum Gasteiger partial charge on any atom is -0.399 e. The van der Waals surface area contributed by atoms with Gasteiger partial charge in [-0.3, -0.25) is 0 Å². The normalized spacial score (nSPS) is 11.2. The highest BCUT2D eigenvalue weighted by atomic mass is 35.5. The van der Waals surface area contributed by atoms with Gasteiger partial charge in [-0.1, -0.05) is 29.3 Å². The first-order valence-electron chi connectivity index (χ1n) is 6.71. The molecule has 0 fully saturated rings. The number of imidazole rings is 1. The Kier molecular flexibility index (Phi) is 3.79.